The molecule has 0 aromatic heterocycles. The molecular weight excluding hydrogens is 269 g/mol. The van der Waals surface area contributed by atoms with Crippen molar-refractivity contribution in [2.24, 2.45) is 5.92 Å². The molecule has 0 heterocycles. The highest BCUT2D eigenvalue weighted by Gasteiger charge is 2.17. The van der Waals surface area contributed by atoms with Crippen LogP contribution in [0, 0.1) is 5.92 Å². The number of benzene rings is 1. The monoisotopic (exact) mass is 287 g/mol. The molecule has 1 atom stereocenters. The van der Waals surface area contributed by atoms with Crippen LogP contribution in [0.15, 0.2) is 18.2 Å². The Labute approximate surface area is 119 Å². The van der Waals surface area contributed by atoms with Crippen LogP contribution in [0.4, 0.5) is 0 Å². The number of carbonyl (C=O) groups excluding carboxylic acids is 1. The Morgan fingerprint density at radius 1 is 1.22 bits per heavy atom. The highest BCUT2D eigenvalue weighted by Crippen LogP contribution is 2.23. The fourth-order valence-corrected chi connectivity index (χ4v) is 1.94. The number of Topliss-reactive ketones (excluding diaryl/α,β-unsaturated/α-hetero) is 1. The first-order valence-corrected chi connectivity index (χ1v) is 6.77. The molecule has 0 fully saturated rings. The molecule has 0 amide bonds. The van der Waals surface area contributed by atoms with Crippen LogP contribution in [0.5, 0.6) is 0 Å². The summed E-state index contributed by atoms with van der Waals surface area (Å²) in [6, 6.07) is 5.35. The van der Waals surface area contributed by atoms with Gasteiger partial charge in [-0.1, -0.05) is 37.0 Å². The van der Waals surface area contributed by atoms with E-state index < -0.39 is 0 Å². The van der Waals surface area contributed by atoms with E-state index in [0.717, 1.165) is 0 Å². The van der Waals surface area contributed by atoms with Gasteiger partial charge in [0, 0.05) is 11.6 Å². The predicted molar refractivity (Wildman–Crippen MR) is 77.7 cm³/mol. The van der Waals surface area contributed by atoms with Crippen molar-refractivity contribution < 1.29 is 4.79 Å². The van der Waals surface area contributed by atoms with Gasteiger partial charge in [0.1, 0.15) is 0 Å². The van der Waals surface area contributed by atoms with Crippen LogP contribution < -0.4 is 0 Å². The molecule has 0 radical (unpaired) electrons. The molecular formula is C14H19Cl2NO. The van der Waals surface area contributed by atoms with Crippen LogP contribution in [0.2, 0.25) is 10.0 Å². The number of hydrogen-bond acceptors (Lipinski definition) is 2. The third-order valence-corrected chi connectivity index (χ3v) is 4.03. The summed E-state index contributed by atoms with van der Waals surface area (Å²) in [7, 11) is 1.96. The van der Waals surface area contributed by atoms with E-state index in [-0.39, 0.29) is 5.78 Å². The summed E-state index contributed by atoms with van der Waals surface area (Å²) in [4.78, 5) is 14.2. The third kappa shape index (κ3) is 3.98. The summed E-state index contributed by atoms with van der Waals surface area (Å²) < 4.78 is 0. The number of nitrogens with zero attached hydrogens (tertiary/aromatic N) is 1. The molecule has 0 aliphatic rings. The summed E-state index contributed by atoms with van der Waals surface area (Å²) in [5.74, 6) is 0.570. The first kappa shape index (κ1) is 15.5. The third-order valence-electron chi connectivity index (χ3n) is 3.29. The van der Waals surface area contributed by atoms with E-state index in [1.54, 1.807) is 18.2 Å². The lowest BCUT2D eigenvalue weighted by molar-refractivity contribution is 0.0907. The Balaban J connectivity index is 2.73. The van der Waals surface area contributed by atoms with Crippen molar-refractivity contribution in [2.45, 2.75) is 26.8 Å². The maximum Gasteiger partial charge on any atom is 0.176 e. The Kier molecular flexibility index (Phi) is 5.64. The Hall–Kier alpha value is -0.570. The van der Waals surface area contributed by atoms with Gasteiger partial charge in [0.25, 0.3) is 0 Å². The van der Waals surface area contributed by atoms with Crippen LogP contribution in [0.25, 0.3) is 0 Å². The zero-order valence-electron chi connectivity index (χ0n) is 11.2. The van der Waals surface area contributed by atoms with Crippen molar-refractivity contribution in [3.8, 4) is 0 Å². The summed E-state index contributed by atoms with van der Waals surface area (Å²) in [5.41, 5.74) is 0.604. The number of carbonyl (C=O) groups is 1. The van der Waals surface area contributed by atoms with Gasteiger partial charge in [-0.15, -0.1) is 0 Å². The normalized spacial score (nSPS) is 13.1. The van der Waals surface area contributed by atoms with Gasteiger partial charge in [0.15, 0.2) is 5.78 Å². The standard InChI is InChI=1S/C14H19Cl2NO/c1-9(2)10(3)17(4)8-14(18)11-5-6-12(15)13(16)7-11/h5-7,9-10H,8H2,1-4H3. The van der Waals surface area contributed by atoms with E-state index in [1.165, 1.54) is 0 Å². The molecule has 0 aliphatic heterocycles. The van der Waals surface area contributed by atoms with Crippen LogP contribution in [0.1, 0.15) is 31.1 Å². The van der Waals surface area contributed by atoms with Gasteiger partial charge in [-0.2, -0.15) is 0 Å². The molecule has 100 valence electrons. The molecule has 2 nitrogen and oxygen atoms in total. The first-order chi connectivity index (χ1) is 8.32. The van der Waals surface area contributed by atoms with Crippen LogP contribution in [0.3, 0.4) is 0 Å². The minimum Gasteiger partial charge on any atom is -0.296 e. The van der Waals surface area contributed by atoms with Gasteiger partial charge in [-0.25, -0.2) is 0 Å². The highest BCUT2D eigenvalue weighted by molar-refractivity contribution is 6.42. The lowest BCUT2D eigenvalue weighted by Gasteiger charge is -2.27. The fourth-order valence-electron chi connectivity index (χ4n) is 1.64. The maximum atomic E-state index is 12.1. The zero-order chi connectivity index (χ0) is 13.9. The average molecular weight is 288 g/mol. The Bertz CT molecular complexity index is 432. The van der Waals surface area contributed by atoms with Gasteiger partial charge >= 0.3 is 0 Å². The Morgan fingerprint density at radius 3 is 2.33 bits per heavy atom. The number of rotatable bonds is 5. The van der Waals surface area contributed by atoms with Crippen LogP contribution >= 0.6 is 23.2 Å². The Morgan fingerprint density at radius 2 is 1.83 bits per heavy atom. The van der Waals surface area contributed by atoms with Crippen molar-refractivity contribution >= 4 is 29.0 Å². The lowest BCUT2D eigenvalue weighted by atomic mass is 10.0. The smallest absolute Gasteiger partial charge is 0.176 e. The molecule has 0 saturated carbocycles. The molecule has 0 saturated heterocycles. The van der Waals surface area contributed by atoms with Crippen molar-refractivity contribution in [2.75, 3.05) is 13.6 Å². The molecule has 1 aromatic rings. The topological polar surface area (TPSA) is 20.3 Å². The van der Waals surface area contributed by atoms with Crippen molar-refractivity contribution in [1.29, 1.82) is 0 Å². The van der Waals surface area contributed by atoms with E-state index in [9.17, 15) is 4.79 Å². The molecule has 0 aliphatic carbocycles. The van der Waals surface area contributed by atoms with E-state index in [0.29, 0.717) is 34.1 Å². The van der Waals surface area contributed by atoms with Crippen LogP contribution in [-0.4, -0.2) is 30.3 Å². The molecule has 1 rings (SSSR count). The molecule has 0 spiro atoms. The molecule has 0 bridgehead atoms. The van der Waals surface area contributed by atoms with E-state index in [2.05, 4.69) is 25.7 Å². The van der Waals surface area contributed by atoms with Gasteiger partial charge < -0.3 is 0 Å². The van der Waals surface area contributed by atoms with Crippen LogP contribution in [-0.2, 0) is 0 Å². The number of halogens is 2. The summed E-state index contributed by atoms with van der Waals surface area (Å²) >= 11 is 11.7. The number of hydrogen-bond donors (Lipinski definition) is 0. The summed E-state index contributed by atoms with van der Waals surface area (Å²) in [6.07, 6.45) is 0. The second-order valence-corrected chi connectivity index (χ2v) is 5.77. The van der Waals surface area contributed by atoms with Gasteiger partial charge in [0.05, 0.1) is 16.6 Å². The first-order valence-electron chi connectivity index (χ1n) is 6.01. The van der Waals surface area contributed by atoms with Crippen molar-refractivity contribution in [3.63, 3.8) is 0 Å². The number of likely N-dealkylation sites (N-methyl/N-ethyl adjacent to an activating group) is 1. The van der Waals surface area contributed by atoms with Gasteiger partial charge in [0.2, 0.25) is 0 Å². The van der Waals surface area contributed by atoms with Crippen molar-refractivity contribution in [1.82, 2.24) is 4.90 Å². The van der Waals surface area contributed by atoms with Crippen molar-refractivity contribution in [3.05, 3.63) is 33.8 Å². The second kappa shape index (κ2) is 6.55. The lowest BCUT2D eigenvalue weighted by Crippen LogP contribution is -2.37. The van der Waals surface area contributed by atoms with Gasteiger partial charge in [-0.3, -0.25) is 9.69 Å². The van der Waals surface area contributed by atoms with Gasteiger partial charge in [-0.05, 0) is 38.1 Å². The SMILES string of the molecule is CC(C)C(C)N(C)CC(=O)c1ccc(Cl)c(Cl)c1. The largest absolute Gasteiger partial charge is 0.296 e. The minimum atomic E-state index is 0.0589. The predicted octanol–water partition coefficient (Wildman–Crippen LogP) is 4.15. The van der Waals surface area contributed by atoms with E-state index in [1.807, 2.05) is 7.05 Å². The molecule has 0 N–H and O–H groups in total. The quantitative estimate of drug-likeness (QED) is 0.758. The second-order valence-electron chi connectivity index (χ2n) is 4.95. The summed E-state index contributed by atoms with van der Waals surface area (Å²) in [6.45, 7) is 6.79. The van der Waals surface area contributed by atoms with E-state index in [4.69, 9.17) is 23.2 Å². The minimum absolute atomic E-state index is 0.0589. The van der Waals surface area contributed by atoms with E-state index >= 15 is 0 Å². The number of ketones is 1. The maximum absolute atomic E-state index is 12.1. The molecule has 18 heavy (non-hydrogen) atoms. The zero-order valence-corrected chi connectivity index (χ0v) is 12.7. The fraction of sp³-hybridized carbons (Fsp3) is 0.500. The molecule has 4 heteroatoms. The molecule has 1 aromatic carbocycles. The summed E-state index contributed by atoms with van der Waals surface area (Å²) in [5, 5.41) is 0.888. The highest BCUT2D eigenvalue weighted by atomic mass is 35.5. The molecule has 1 unspecified atom stereocenters. The average Bonchev–Trinajstić information content (AvgIpc) is 2.31.